The third-order valence-electron chi connectivity index (χ3n) is 2.26. The summed E-state index contributed by atoms with van der Waals surface area (Å²) in [6.45, 7) is 3.75. The van der Waals surface area contributed by atoms with E-state index < -0.39 is 0 Å². The Hall–Kier alpha value is -1.00. The number of alkyl halides is 1. The van der Waals surface area contributed by atoms with Gasteiger partial charge in [-0.2, -0.15) is 0 Å². The highest BCUT2D eigenvalue weighted by atomic mass is 35.5. The molecule has 0 atom stereocenters. The van der Waals surface area contributed by atoms with Gasteiger partial charge in [0.05, 0.1) is 24.4 Å². The van der Waals surface area contributed by atoms with Crippen molar-refractivity contribution in [3.8, 4) is 0 Å². The van der Waals surface area contributed by atoms with Gasteiger partial charge in [-0.25, -0.2) is 4.98 Å². The summed E-state index contributed by atoms with van der Waals surface area (Å²) in [4.78, 5) is 6.62. The molecule has 0 aliphatic heterocycles. The minimum Gasteiger partial charge on any atom is -0.467 e. The molecule has 0 aliphatic carbocycles. The number of hydrogen-bond acceptors (Lipinski definition) is 4. The molecule has 0 N–H and O–H groups in total. The van der Waals surface area contributed by atoms with Crippen LogP contribution in [-0.4, -0.2) is 11.5 Å². The fraction of sp³-hybridized carbons (Fsp3) is 0.364. The van der Waals surface area contributed by atoms with Crippen molar-refractivity contribution in [3.05, 3.63) is 35.2 Å². The summed E-state index contributed by atoms with van der Waals surface area (Å²) in [5.74, 6) is 1.42. The Balaban J connectivity index is 2.10. The number of aromatic nitrogens is 1. The van der Waals surface area contributed by atoms with Gasteiger partial charge in [0.2, 0.25) is 0 Å². The average molecular weight is 257 g/mol. The first-order chi connectivity index (χ1) is 7.83. The topological polar surface area (TPSA) is 29.3 Å². The van der Waals surface area contributed by atoms with Crippen LogP contribution in [0.25, 0.3) is 0 Å². The van der Waals surface area contributed by atoms with Crippen LogP contribution in [-0.2, 0) is 12.4 Å². The molecule has 0 unspecified atom stereocenters. The molecule has 0 fully saturated rings. The second kappa shape index (κ2) is 5.37. The highest BCUT2D eigenvalue weighted by molar-refractivity contribution is 7.13. The molecule has 0 aliphatic rings. The van der Waals surface area contributed by atoms with E-state index in [4.69, 9.17) is 16.0 Å². The van der Waals surface area contributed by atoms with Gasteiger partial charge >= 0.3 is 0 Å². The SMILES string of the molecule is CCN(Cc1ccco1)c1nc(CCl)cs1. The summed E-state index contributed by atoms with van der Waals surface area (Å²) < 4.78 is 5.33. The van der Waals surface area contributed by atoms with Gasteiger partial charge in [0.15, 0.2) is 5.13 Å². The lowest BCUT2D eigenvalue weighted by Crippen LogP contribution is -2.21. The highest BCUT2D eigenvalue weighted by Crippen LogP contribution is 2.23. The normalized spacial score (nSPS) is 10.6. The van der Waals surface area contributed by atoms with Gasteiger partial charge in [0.25, 0.3) is 0 Å². The molecule has 0 saturated heterocycles. The molecule has 0 saturated carbocycles. The van der Waals surface area contributed by atoms with Crippen LogP contribution in [0.15, 0.2) is 28.2 Å². The smallest absolute Gasteiger partial charge is 0.185 e. The zero-order valence-corrected chi connectivity index (χ0v) is 10.6. The molecule has 2 aromatic rings. The molecule has 2 aromatic heterocycles. The predicted molar refractivity (Wildman–Crippen MR) is 67.1 cm³/mol. The summed E-state index contributed by atoms with van der Waals surface area (Å²) in [5.41, 5.74) is 0.930. The Bertz CT molecular complexity index is 427. The van der Waals surface area contributed by atoms with E-state index in [2.05, 4.69) is 16.8 Å². The summed E-state index contributed by atoms with van der Waals surface area (Å²) in [6.07, 6.45) is 1.69. The van der Waals surface area contributed by atoms with Gasteiger partial charge in [-0.3, -0.25) is 0 Å². The Labute approximate surface area is 104 Å². The Kier molecular flexibility index (Phi) is 3.85. The maximum absolute atomic E-state index is 5.74. The molecule has 2 heterocycles. The molecule has 0 radical (unpaired) electrons. The Morgan fingerprint density at radius 3 is 3.00 bits per heavy atom. The molecular weight excluding hydrogens is 244 g/mol. The predicted octanol–water partition coefficient (Wildman–Crippen LogP) is 3.50. The van der Waals surface area contributed by atoms with E-state index in [-0.39, 0.29) is 0 Å². The zero-order chi connectivity index (χ0) is 11.4. The molecule has 86 valence electrons. The number of nitrogens with zero attached hydrogens (tertiary/aromatic N) is 2. The van der Waals surface area contributed by atoms with E-state index in [0.29, 0.717) is 5.88 Å². The van der Waals surface area contributed by atoms with Crippen LogP contribution < -0.4 is 4.90 Å². The minimum absolute atomic E-state index is 0.467. The van der Waals surface area contributed by atoms with Crippen LogP contribution in [0.1, 0.15) is 18.4 Å². The molecule has 16 heavy (non-hydrogen) atoms. The van der Waals surface area contributed by atoms with E-state index in [1.165, 1.54) is 0 Å². The number of rotatable bonds is 5. The third kappa shape index (κ3) is 2.57. The van der Waals surface area contributed by atoms with Crippen molar-refractivity contribution in [2.24, 2.45) is 0 Å². The van der Waals surface area contributed by atoms with E-state index in [9.17, 15) is 0 Å². The van der Waals surface area contributed by atoms with Crippen molar-refractivity contribution in [2.45, 2.75) is 19.3 Å². The van der Waals surface area contributed by atoms with Crippen LogP contribution in [0.4, 0.5) is 5.13 Å². The number of thiazole rings is 1. The Morgan fingerprint density at radius 2 is 2.44 bits per heavy atom. The average Bonchev–Trinajstić information content (AvgIpc) is 2.96. The summed E-state index contributed by atoms with van der Waals surface area (Å²) in [5, 5.41) is 2.99. The van der Waals surface area contributed by atoms with Crippen molar-refractivity contribution in [1.29, 1.82) is 0 Å². The van der Waals surface area contributed by atoms with Crippen LogP contribution in [0.5, 0.6) is 0 Å². The monoisotopic (exact) mass is 256 g/mol. The first kappa shape index (κ1) is 11.5. The lowest BCUT2D eigenvalue weighted by molar-refractivity contribution is 0.503. The lowest BCUT2D eigenvalue weighted by atomic mass is 10.4. The van der Waals surface area contributed by atoms with E-state index in [0.717, 1.165) is 29.7 Å². The van der Waals surface area contributed by atoms with Crippen molar-refractivity contribution in [3.63, 3.8) is 0 Å². The summed E-state index contributed by atoms with van der Waals surface area (Å²) >= 11 is 7.36. The Morgan fingerprint density at radius 1 is 1.56 bits per heavy atom. The van der Waals surface area contributed by atoms with Crippen molar-refractivity contribution < 1.29 is 4.42 Å². The van der Waals surface area contributed by atoms with Gasteiger partial charge in [-0.1, -0.05) is 0 Å². The molecule has 2 rings (SSSR count). The van der Waals surface area contributed by atoms with Crippen LogP contribution in [0, 0.1) is 0 Å². The van der Waals surface area contributed by atoms with E-state index >= 15 is 0 Å². The standard InChI is InChI=1S/C11H13ClN2OS/c1-2-14(7-10-4-3-5-15-10)11-13-9(6-12)8-16-11/h3-5,8H,2,6-7H2,1H3. The second-order valence-electron chi connectivity index (χ2n) is 3.35. The zero-order valence-electron chi connectivity index (χ0n) is 9.02. The van der Waals surface area contributed by atoms with Gasteiger partial charge in [0.1, 0.15) is 5.76 Å². The largest absolute Gasteiger partial charge is 0.467 e. The van der Waals surface area contributed by atoms with Crippen LogP contribution >= 0.6 is 22.9 Å². The summed E-state index contributed by atoms with van der Waals surface area (Å²) in [6, 6.07) is 3.87. The van der Waals surface area contributed by atoms with Crippen LogP contribution in [0.2, 0.25) is 0 Å². The van der Waals surface area contributed by atoms with Crippen LogP contribution in [0.3, 0.4) is 0 Å². The number of furan rings is 1. The molecule has 0 amide bonds. The molecule has 0 bridgehead atoms. The maximum atomic E-state index is 5.74. The first-order valence-corrected chi connectivity index (χ1v) is 6.52. The number of anilines is 1. The lowest BCUT2D eigenvalue weighted by Gasteiger charge is -2.17. The molecule has 0 aromatic carbocycles. The van der Waals surface area contributed by atoms with Crippen molar-refractivity contribution in [2.75, 3.05) is 11.4 Å². The van der Waals surface area contributed by atoms with Crippen molar-refractivity contribution in [1.82, 2.24) is 4.98 Å². The summed E-state index contributed by atoms with van der Waals surface area (Å²) in [7, 11) is 0. The quantitative estimate of drug-likeness (QED) is 0.767. The molecular formula is C11H13ClN2OS. The van der Waals surface area contributed by atoms with Gasteiger partial charge in [-0.15, -0.1) is 22.9 Å². The van der Waals surface area contributed by atoms with E-state index in [1.54, 1.807) is 17.6 Å². The molecule has 5 heteroatoms. The van der Waals surface area contributed by atoms with Gasteiger partial charge in [0, 0.05) is 11.9 Å². The minimum atomic E-state index is 0.467. The van der Waals surface area contributed by atoms with Crippen molar-refractivity contribution >= 4 is 28.1 Å². The van der Waals surface area contributed by atoms with E-state index in [1.807, 2.05) is 17.5 Å². The highest BCUT2D eigenvalue weighted by Gasteiger charge is 2.10. The first-order valence-electron chi connectivity index (χ1n) is 5.11. The fourth-order valence-electron chi connectivity index (χ4n) is 1.41. The number of hydrogen-bond donors (Lipinski definition) is 0. The fourth-order valence-corrected chi connectivity index (χ4v) is 2.53. The van der Waals surface area contributed by atoms with Gasteiger partial charge in [-0.05, 0) is 19.1 Å². The van der Waals surface area contributed by atoms with Gasteiger partial charge < -0.3 is 9.32 Å². The number of halogens is 1. The maximum Gasteiger partial charge on any atom is 0.185 e. The molecule has 3 nitrogen and oxygen atoms in total. The third-order valence-corrected chi connectivity index (χ3v) is 3.48. The molecule has 0 spiro atoms. The second-order valence-corrected chi connectivity index (χ2v) is 4.45.